The number of carboxylic acids is 1. The maximum absolute atomic E-state index is 13.5. The number of alkyl carbamates (subject to hydrolysis) is 1. The minimum absolute atomic E-state index is 0.250. The molecule has 0 aliphatic heterocycles. The van der Waals surface area contributed by atoms with E-state index in [1.165, 1.54) is 10.8 Å². The fourth-order valence-corrected chi connectivity index (χ4v) is 5.00. The fraction of sp³-hybridized carbons (Fsp3) is 0.595. The second-order valence-electron chi connectivity index (χ2n) is 15.8. The van der Waals surface area contributed by atoms with Crippen LogP contribution < -0.4 is 27.0 Å². The van der Waals surface area contributed by atoms with Gasteiger partial charge in [-0.3, -0.25) is 23.7 Å². The van der Waals surface area contributed by atoms with Gasteiger partial charge in [0.2, 0.25) is 17.7 Å². The van der Waals surface area contributed by atoms with Gasteiger partial charge in [0.1, 0.15) is 28.9 Å². The summed E-state index contributed by atoms with van der Waals surface area (Å²) >= 11 is 0. The number of amides is 4. The molecule has 0 spiro atoms. The van der Waals surface area contributed by atoms with Crippen LogP contribution in [0.5, 0.6) is 0 Å². The number of unbranched alkanes of at least 4 members (excludes halogenated alkanes) is 1. The van der Waals surface area contributed by atoms with Gasteiger partial charge in [0, 0.05) is 24.5 Å². The molecular formula is C37H56N6O11. The van der Waals surface area contributed by atoms with Crippen LogP contribution in [0.2, 0.25) is 0 Å². The van der Waals surface area contributed by atoms with Crippen molar-refractivity contribution in [3.8, 4) is 0 Å². The summed E-state index contributed by atoms with van der Waals surface area (Å²) in [5.74, 6) is -4.76. The van der Waals surface area contributed by atoms with Gasteiger partial charge < -0.3 is 46.3 Å². The van der Waals surface area contributed by atoms with Crippen LogP contribution in [0.15, 0.2) is 30.5 Å². The van der Waals surface area contributed by atoms with Crippen LogP contribution in [0.25, 0.3) is 10.9 Å². The first-order valence-corrected chi connectivity index (χ1v) is 17.7. The van der Waals surface area contributed by atoms with Gasteiger partial charge in [0.05, 0.1) is 24.5 Å². The first-order valence-electron chi connectivity index (χ1n) is 17.7. The van der Waals surface area contributed by atoms with Crippen LogP contribution in [-0.4, -0.2) is 99.5 Å². The number of benzene rings is 1. The third kappa shape index (κ3) is 16.2. The lowest BCUT2D eigenvalue weighted by atomic mass is 10.0. The van der Waals surface area contributed by atoms with E-state index >= 15 is 0 Å². The average molecular weight is 761 g/mol. The number of ether oxygens (including phenoxy) is 3. The molecule has 7 N–H and O–H groups in total. The van der Waals surface area contributed by atoms with Crippen molar-refractivity contribution in [1.29, 1.82) is 0 Å². The Morgan fingerprint density at radius 1 is 0.778 bits per heavy atom. The van der Waals surface area contributed by atoms with Gasteiger partial charge in [0.25, 0.3) is 0 Å². The molecule has 1 aromatic heterocycles. The summed E-state index contributed by atoms with van der Waals surface area (Å²) in [5.41, 5.74) is 4.48. The summed E-state index contributed by atoms with van der Waals surface area (Å²) in [6.45, 7) is 14.9. The van der Waals surface area contributed by atoms with Crippen molar-refractivity contribution in [2.45, 2.75) is 129 Å². The number of aliphatic carboxylic acids is 1. The number of carbonyl (C=O) groups is 7. The monoisotopic (exact) mass is 760 g/mol. The zero-order valence-electron chi connectivity index (χ0n) is 32.6. The molecule has 0 fully saturated rings. The number of esters is 1. The standard InChI is InChI=1S/C37H56N6O11/c1-35(2,3)52-29(45)19-25(41-28(44)20-40-30(46)24(38)15-12-13-17-39-33(50)53-36(4,5)6)31(47)42-26(32(48)49)18-22-21-43(34(51)54-37(7,8)9)27-16-11-10-14-23(22)27/h10-11,14,16,21,24-26H,12-13,15,17-20,38H2,1-9H3,(H,39,50)(H,40,46)(H,41,44)(H,42,47)(H,48,49)/t24-,25-,26-/m0/s1. The maximum atomic E-state index is 13.5. The smallest absolute Gasteiger partial charge is 0.419 e. The third-order valence-electron chi connectivity index (χ3n) is 7.24. The van der Waals surface area contributed by atoms with Crippen molar-refractivity contribution in [2.75, 3.05) is 13.1 Å². The second kappa shape index (κ2) is 19.2. The summed E-state index contributed by atoms with van der Waals surface area (Å²) in [6.07, 6.45) is 0.541. The van der Waals surface area contributed by atoms with Crippen molar-refractivity contribution in [3.63, 3.8) is 0 Å². The van der Waals surface area contributed by atoms with Crippen LogP contribution >= 0.6 is 0 Å². The van der Waals surface area contributed by atoms with Crippen molar-refractivity contribution >= 4 is 52.7 Å². The maximum Gasteiger partial charge on any atom is 0.419 e. The molecule has 2 aromatic rings. The quantitative estimate of drug-likeness (QED) is 0.0822. The van der Waals surface area contributed by atoms with Crippen LogP contribution in [0.4, 0.5) is 9.59 Å². The van der Waals surface area contributed by atoms with E-state index in [0.29, 0.717) is 35.9 Å². The van der Waals surface area contributed by atoms with Crippen molar-refractivity contribution in [1.82, 2.24) is 25.8 Å². The van der Waals surface area contributed by atoms with Crippen molar-refractivity contribution in [2.24, 2.45) is 5.73 Å². The van der Waals surface area contributed by atoms with Crippen LogP contribution in [0.1, 0.15) is 93.6 Å². The van der Waals surface area contributed by atoms with Crippen LogP contribution in [-0.2, 0) is 44.6 Å². The number of aromatic nitrogens is 1. The Morgan fingerprint density at radius 2 is 1.39 bits per heavy atom. The van der Waals surface area contributed by atoms with Gasteiger partial charge in [-0.05, 0) is 93.2 Å². The first-order chi connectivity index (χ1) is 24.8. The number of fused-ring (bicyclic) bond motifs is 1. The Labute approximate surface area is 315 Å². The molecule has 2 rings (SSSR count). The summed E-state index contributed by atoms with van der Waals surface area (Å²) in [4.78, 5) is 88.9. The molecule has 0 saturated carbocycles. The molecule has 0 aliphatic carbocycles. The lowest BCUT2D eigenvalue weighted by molar-refractivity contribution is -0.156. The van der Waals surface area contributed by atoms with E-state index in [0.717, 1.165) is 0 Å². The van der Waals surface area contributed by atoms with E-state index in [1.807, 2.05) is 0 Å². The Bertz CT molecular complexity index is 1670. The van der Waals surface area contributed by atoms with Gasteiger partial charge in [-0.1, -0.05) is 18.2 Å². The van der Waals surface area contributed by atoms with E-state index in [-0.39, 0.29) is 12.8 Å². The normalized spacial score (nSPS) is 13.5. The van der Waals surface area contributed by atoms with Crippen LogP contribution in [0, 0.1) is 0 Å². The molecular weight excluding hydrogens is 704 g/mol. The number of carboxylic acid groups (broad SMARTS) is 1. The number of nitrogens with two attached hydrogens (primary N) is 1. The predicted octanol–water partition coefficient (Wildman–Crippen LogP) is 2.89. The Balaban J connectivity index is 2.11. The Hall–Kier alpha value is -5.19. The van der Waals surface area contributed by atoms with E-state index in [4.69, 9.17) is 19.9 Å². The number of carbonyl (C=O) groups excluding carboxylic acids is 6. The minimum atomic E-state index is -1.58. The molecule has 17 heteroatoms. The highest BCUT2D eigenvalue weighted by atomic mass is 16.6. The number of hydrogen-bond donors (Lipinski definition) is 6. The lowest BCUT2D eigenvalue weighted by Crippen LogP contribution is -2.55. The molecule has 0 radical (unpaired) electrons. The topological polar surface area (TPSA) is 246 Å². The predicted molar refractivity (Wildman–Crippen MR) is 198 cm³/mol. The SMILES string of the molecule is CC(C)(C)OC(=O)C[C@H](NC(=O)CNC(=O)[C@@H](N)CCCCNC(=O)OC(C)(C)C)C(=O)N[C@@H](Cc1cn(C(=O)OC(C)(C)C)c2ccccc12)C(=O)O. The molecule has 0 saturated heterocycles. The molecule has 0 bridgehead atoms. The highest BCUT2D eigenvalue weighted by molar-refractivity contribution is 5.96. The molecule has 0 aliphatic rings. The number of nitrogens with one attached hydrogen (secondary N) is 4. The number of rotatable bonds is 16. The summed E-state index contributed by atoms with van der Waals surface area (Å²) < 4.78 is 17.2. The van der Waals surface area contributed by atoms with E-state index in [9.17, 15) is 38.7 Å². The van der Waals surface area contributed by atoms with Crippen LogP contribution in [0.3, 0.4) is 0 Å². The zero-order valence-corrected chi connectivity index (χ0v) is 32.6. The first kappa shape index (κ1) is 45.0. The zero-order chi connectivity index (χ0) is 41.0. The summed E-state index contributed by atoms with van der Waals surface area (Å²) in [5, 5.41) is 20.4. The number of hydrogen-bond acceptors (Lipinski definition) is 11. The minimum Gasteiger partial charge on any atom is -0.480 e. The van der Waals surface area contributed by atoms with Gasteiger partial charge >= 0.3 is 24.1 Å². The van der Waals surface area contributed by atoms with E-state index in [2.05, 4.69) is 21.3 Å². The van der Waals surface area contributed by atoms with Gasteiger partial charge in [0.15, 0.2) is 0 Å². The van der Waals surface area contributed by atoms with Gasteiger partial charge in [-0.25, -0.2) is 14.4 Å². The summed E-state index contributed by atoms with van der Waals surface area (Å²) in [6, 6.07) is 2.68. The lowest BCUT2D eigenvalue weighted by Gasteiger charge is -2.24. The molecule has 1 aromatic carbocycles. The molecule has 4 amide bonds. The molecule has 3 atom stereocenters. The molecule has 17 nitrogen and oxygen atoms in total. The highest BCUT2D eigenvalue weighted by Crippen LogP contribution is 2.24. The Kier molecular flexibility index (Phi) is 16.0. The van der Waals surface area contributed by atoms with Crippen molar-refractivity contribution < 1.29 is 52.9 Å². The van der Waals surface area contributed by atoms with E-state index < -0.39 is 89.7 Å². The molecule has 54 heavy (non-hydrogen) atoms. The fourth-order valence-electron chi connectivity index (χ4n) is 5.00. The highest BCUT2D eigenvalue weighted by Gasteiger charge is 2.32. The Morgan fingerprint density at radius 3 is 1.98 bits per heavy atom. The molecule has 300 valence electrons. The summed E-state index contributed by atoms with van der Waals surface area (Å²) in [7, 11) is 0. The van der Waals surface area contributed by atoms with E-state index in [1.54, 1.807) is 86.6 Å². The second-order valence-corrected chi connectivity index (χ2v) is 15.8. The average Bonchev–Trinajstić information content (AvgIpc) is 3.38. The van der Waals surface area contributed by atoms with Gasteiger partial charge in [-0.15, -0.1) is 0 Å². The third-order valence-corrected chi connectivity index (χ3v) is 7.24. The van der Waals surface area contributed by atoms with Gasteiger partial charge in [-0.2, -0.15) is 0 Å². The molecule has 1 heterocycles. The van der Waals surface area contributed by atoms with Crippen molar-refractivity contribution in [3.05, 3.63) is 36.0 Å². The molecule has 0 unspecified atom stereocenters. The largest absolute Gasteiger partial charge is 0.480 e. The number of para-hydroxylation sites is 1. The number of nitrogens with zero attached hydrogens (tertiary/aromatic N) is 1.